The first-order valence-electron chi connectivity index (χ1n) is 20.7. The number of esters is 2. The topological polar surface area (TPSA) is 108 Å². The molecule has 0 aromatic rings. The number of unbranched alkanes of at least 4 members (excludes halogenated alkanes) is 10. The number of rotatable bonds is 36. The number of phosphoric acid groups is 1. The van der Waals surface area contributed by atoms with Gasteiger partial charge in [0.1, 0.15) is 19.8 Å². The summed E-state index contributed by atoms with van der Waals surface area (Å²) in [5, 5.41) is 0. The van der Waals surface area contributed by atoms with Gasteiger partial charge in [0, 0.05) is 12.8 Å². The van der Waals surface area contributed by atoms with Crippen LogP contribution in [0.25, 0.3) is 0 Å². The smallest absolute Gasteiger partial charge is 0.462 e. The molecule has 0 aromatic heterocycles. The highest BCUT2D eigenvalue weighted by Gasteiger charge is 2.27. The van der Waals surface area contributed by atoms with Gasteiger partial charge in [0.2, 0.25) is 0 Å². The van der Waals surface area contributed by atoms with Crippen molar-refractivity contribution in [2.75, 3.05) is 47.5 Å². The molecule has 0 bridgehead atoms. The van der Waals surface area contributed by atoms with Crippen LogP contribution in [0.1, 0.15) is 142 Å². The van der Waals surface area contributed by atoms with Crippen molar-refractivity contribution in [3.8, 4) is 0 Å². The maximum atomic E-state index is 12.7. The highest BCUT2D eigenvalue weighted by molar-refractivity contribution is 7.47. The van der Waals surface area contributed by atoms with Crippen LogP contribution >= 0.6 is 7.82 Å². The number of ether oxygens (including phenoxy) is 2. The maximum absolute atomic E-state index is 12.7. The second kappa shape index (κ2) is 36.1. The molecular weight excluding hydrogens is 701 g/mol. The van der Waals surface area contributed by atoms with E-state index < -0.39 is 32.5 Å². The van der Waals surface area contributed by atoms with Crippen molar-refractivity contribution >= 4 is 19.8 Å². The lowest BCUT2D eigenvalue weighted by Gasteiger charge is -2.24. The van der Waals surface area contributed by atoms with Crippen LogP contribution in [0.3, 0.4) is 0 Å². The quantitative estimate of drug-likeness (QED) is 0.0220. The minimum atomic E-state index is -4.39. The molecule has 54 heavy (non-hydrogen) atoms. The number of allylic oxidation sites excluding steroid dienone is 12. The minimum absolute atomic E-state index is 0.0183. The van der Waals surface area contributed by atoms with Crippen LogP contribution in [-0.4, -0.2) is 74.9 Å². The molecule has 0 fully saturated rings. The van der Waals surface area contributed by atoms with Crippen molar-refractivity contribution in [3.63, 3.8) is 0 Å². The van der Waals surface area contributed by atoms with Crippen LogP contribution < -0.4 is 0 Å². The van der Waals surface area contributed by atoms with E-state index in [0.29, 0.717) is 23.9 Å². The number of hydrogen-bond donors (Lipinski definition) is 1. The second-order valence-corrected chi connectivity index (χ2v) is 16.1. The fourth-order valence-electron chi connectivity index (χ4n) is 4.97. The number of phosphoric ester groups is 1. The molecule has 1 unspecified atom stereocenters. The van der Waals surface area contributed by atoms with Crippen molar-refractivity contribution in [1.29, 1.82) is 0 Å². The van der Waals surface area contributed by atoms with E-state index in [2.05, 4.69) is 86.8 Å². The highest BCUT2D eigenvalue weighted by atomic mass is 31.2. The largest absolute Gasteiger partial charge is 0.472 e. The Labute approximate surface area is 329 Å². The number of likely N-dealkylation sites (N-methyl/N-ethyl adjacent to an activating group) is 1. The predicted molar refractivity (Wildman–Crippen MR) is 224 cm³/mol. The third-order valence-electron chi connectivity index (χ3n) is 8.22. The Morgan fingerprint density at radius 3 is 1.61 bits per heavy atom. The molecule has 0 rings (SSSR count). The van der Waals surface area contributed by atoms with Crippen molar-refractivity contribution in [2.45, 2.75) is 148 Å². The number of carbonyl (C=O) groups excluding carboxylic acids is 2. The summed E-state index contributed by atoms with van der Waals surface area (Å²) in [6, 6.07) is 0. The molecular formula is C44H77NO8P+. The SMILES string of the molecule is CC/C=C/C/C=C/C/C=C/C/C=C/CCCCC(=O)OC[C@H](COP(=O)(O)OCC[N+](C)(C)C)OC(=O)CCCCCCC/C=C/C/C=C/CCCCC. The van der Waals surface area contributed by atoms with E-state index in [4.69, 9.17) is 18.5 Å². The molecule has 310 valence electrons. The van der Waals surface area contributed by atoms with Crippen LogP contribution in [0.15, 0.2) is 72.9 Å². The third kappa shape index (κ3) is 39.2. The summed E-state index contributed by atoms with van der Waals surface area (Å²) in [4.78, 5) is 35.3. The monoisotopic (exact) mass is 779 g/mol. The van der Waals surface area contributed by atoms with Gasteiger partial charge < -0.3 is 18.9 Å². The summed E-state index contributed by atoms with van der Waals surface area (Å²) in [7, 11) is 1.43. The zero-order chi connectivity index (χ0) is 40.0. The minimum Gasteiger partial charge on any atom is -0.462 e. The summed E-state index contributed by atoms with van der Waals surface area (Å²) in [6.07, 6.45) is 43.8. The molecule has 0 aliphatic carbocycles. The zero-order valence-electron chi connectivity index (χ0n) is 34.7. The average molecular weight is 779 g/mol. The summed E-state index contributed by atoms with van der Waals surface area (Å²) in [6.45, 7) is 4.19. The molecule has 0 amide bonds. The Kier molecular flexibility index (Phi) is 34.4. The number of carbonyl (C=O) groups is 2. The summed E-state index contributed by atoms with van der Waals surface area (Å²) >= 11 is 0. The normalized spacial score (nSPS) is 14.4. The van der Waals surface area contributed by atoms with Crippen LogP contribution in [-0.2, 0) is 32.7 Å². The molecule has 0 saturated carbocycles. The lowest BCUT2D eigenvalue weighted by molar-refractivity contribution is -0.870. The van der Waals surface area contributed by atoms with Gasteiger partial charge in [-0.25, -0.2) is 4.57 Å². The van der Waals surface area contributed by atoms with Gasteiger partial charge in [-0.2, -0.15) is 0 Å². The van der Waals surface area contributed by atoms with Crippen LogP contribution in [0, 0.1) is 0 Å². The molecule has 0 aliphatic heterocycles. The zero-order valence-corrected chi connectivity index (χ0v) is 35.6. The van der Waals surface area contributed by atoms with Crippen molar-refractivity contribution in [3.05, 3.63) is 72.9 Å². The summed E-state index contributed by atoms with van der Waals surface area (Å²) in [5.41, 5.74) is 0. The Morgan fingerprint density at radius 1 is 0.593 bits per heavy atom. The first-order chi connectivity index (χ1) is 26.0. The number of quaternary nitrogens is 1. The fraction of sp³-hybridized carbons (Fsp3) is 0.682. The first kappa shape index (κ1) is 51.5. The van der Waals surface area contributed by atoms with Crippen LogP contribution in [0.2, 0.25) is 0 Å². The molecule has 0 saturated heterocycles. The van der Waals surface area contributed by atoms with E-state index in [1.54, 1.807) is 0 Å². The van der Waals surface area contributed by atoms with Crippen LogP contribution in [0.5, 0.6) is 0 Å². The van der Waals surface area contributed by atoms with Gasteiger partial charge in [-0.1, -0.05) is 119 Å². The van der Waals surface area contributed by atoms with E-state index >= 15 is 0 Å². The van der Waals surface area contributed by atoms with Gasteiger partial charge in [-0.3, -0.25) is 18.6 Å². The lowest BCUT2D eigenvalue weighted by Crippen LogP contribution is -2.37. The predicted octanol–water partition coefficient (Wildman–Crippen LogP) is 11.5. The van der Waals surface area contributed by atoms with E-state index in [1.165, 1.54) is 25.7 Å². The summed E-state index contributed by atoms with van der Waals surface area (Å²) < 4.78 is 34.2. The van der Waals surface area contributed by atoms with Gasteiger partial charge in [0.25, 0.3) is 0 Å². The number of nitrogens with zero attached hydrogens (tertiary/aromatic N) is 1. The number of hydrogen-bond acceptors (Lipinski definition) is 7. The van der Waals surface area contributed by atoms with E-state index in [-0.39, 0.29) is 26.1 Å². The standard InChI is InChI=1S/C44H76NO8P/c1-6-8-10-12-14-16-18-20-22-24-26-28-30-32-34-36-43(46)50-40-42(41-52-54(48,49)51-39-38-45(3,4)5)53-44(47)37-35-33-31-29-27-25-23-21-19-17-15-13-11-9-7-2/h8,10,14-17,20-23,26,28,42H,6-7,9,11-13,18-19,24-25,27,29-41H2,1-5H3/p+1/b10-8+,16-14+,17-15+,22-20+,23-21+,28-26+/t42-/m1/s1. The Bertz CT molecular complexity index is 1150. The van der Waals surface area contributed by atoms with Crippen molar-refractivity contribution < 1.29 is 42.1 Å². The average Bonchev–Trinajstić information content (AvgIpc) is 3.12. The van der Waals surface area contributed by atoms with E-state index in [0.717, 1.165) is 77.0 Å². The Morgan fingerprint density at radius 2 is 1.06 bits per heavy atom. The molecule has 1 N–H and O–H groups in total. The third-order valence-corrected chi connectivity index (χ3v) is 9.20. The molecule has 0 spiro atoms. The van der Waals surface area contributed by atoms with E-state index in [1.807, 2.05) is 21.1 Å². The lowest BCUT2D eigenvalue weighted by atomic mass is 10.1. The Hall–Kier alpha value is -2.55. The molecule has 2 atom stereocenters. The van der Waals surface area contributed by atoms with Crippen molar-refractivity contribution in [2.24, 2.45) is 0 Å². The van der Waals surface area contributed by atoms with Crippen LogP contribution in [0.4, 0.5) is 0 Å². The Balaban J connectivity index is 4.51. The van der Waals surface area contributed by atoms with Gasteiger partial charge in [-0.15, -0.1) is 0 Å². The molecule has 10 heteroatoms. The van der Waals surface area contributed by atoms with E-state index in [9.17, 15) is 19.0 Å². The van der Waals surface area contributed by atoms with Gasteiger partial charge in [0.05, 0.1) is 27.7 Å². The van der Waals surface area contributed by atoms with Gasteiger partial charge in [-0.05, 0) is 83.5 Å². The molecule has 9 nitrogen and oxygen atoms in total. The molecule has 0 aliphatic rings. The molecule has 0 heterocycles. The second-order valence-electron chi connectivity index (χ2n) is 14.6. The van der Waals surface area contributed by atoms with Crippen molar-refractivity contribution in [1.82, 2.24) is 0 Å². The highest BCUT2D eigenvalue weighted by Crippen LogP contribution is 2.43. The molecule has 0 aromatic carbocycles. The fourth-order valence-corrected chi connectivity index (χ4v) is 5.72. The summed E-state index contributed by atoms with van der Waals surface area (Å²) in [5.74, 6) is -0.872. The van der Waals surface area contributed by atoms with Gasteiger partial charge in [0.15, 0.2) is 6.10 Å². The first-order valence-corrected chi connectivity index (χ1v) is 22.2. The molecule has 0 radical (unpaired) electrons. The van der Waals surface area contributed by atoms with Gasteiger partial charge >= 0.3 is 19.8 Å². The maximum Gasteiger partial charge on any atom is 0.472 e.